The zero-order valence-corrected chi connectivity index (χ0v) is 6.20. The molecule has 1 aromatic heterocycles. The summed E-state index contributed by atoms with van der Waals surface area (Å²) in [6.45, 7) is 0. The minimum Gasteiger partial charge on any atom is -0.323 e. The van der Waals surface area contributed by atoms with Gasteiger partial charge in [0.25, 0.3) is 0 Å². The quantitative estimate of drug-likeness (QED) is 0.635. The molecule has 0 saturated heterocycles. The Morgan fingerprint density at radius 2 is 2.18 bits per heavy atom. The van der Waals surface area contributed by atoms with Crippen molar-refractivity contribution in [3.05, 3.63) is 30.1 Å². The van der Waals surface area contributed by atoms with Gasteiger partial charge in [-0.15, -0.1) is 12.3 Å². The average Bonchev–Trinajstić information content (AvgIpc) is 2.07. The molecule has 0 amide bonds. The minimum atomic E-state index is -0.0528. The lowest BCUT2D eigenvalue weighted by atomic mass is 10.1. The van der Waals surface area contributed by atoms with Gasteiger partial charge in [0, 0.05) is 24.9 Å². The van der Waals surface area contributed by atoms with Gasteiger partial charge in [-0.1, -0.05) is 0 Å². The van der Waals surface area contributed by atoms with Crippen molar-refractivity contribution in [1.82, 2.24) is 4.98 Å². The van der Waals surface area contributed by atoms with Crippen LogP contribution in [0.15, 0.2) is 24.5 Å². The Bertz CT molecular complexity index is 248. The molecular weight excluding hydrogens is 136 g/mol. The van der Waals surface area contributed by atoms with Crippen LogP contribution in [0.4, 0.5) is 0 Å². The van der Waals surface area contributed by atoms with Gasteiger partial charge in [-0.2, -0.15) is 0 Å². The summed E-state index contributed by atoms with van der Waals surface area (Å²) in [5.74, 6) is 2.52. The van der Waals surface area contributed by atoms with Crippen LogP contribution in [0, 0.1) is 12.3 Å². The summed E-state index contributed by atoms with van der Waals surface area (Å²) in [5, 5.41) is 0. The Balaban J connectivity index is 2.70. The topological polar surface area (TPSA) is 38.9 Å². The first kappa shape index (κ1) is 7.77. The lowest BCUT2D eigenvalue weighted by Crippen LogP contribution is -2.08. The average molecular weight is 146 g/mol. The summed E-state index contributed by atoms with van der Waals surface area (Å²) in [6.07, 6.45) is 9.12. The number of nitrogens with zero attached hydrogens (tertiary/aromatic N) is 1. The molecule has 56 valence electrons. The second kappa shape index (κ2) is 3.75. The zero-order chi connectivity index (χ0) is 8.10. The van der Waals surface area contributed by atoms with E-state index in [1.807, 2.05) is 12.1 Å². The number of hydrogen-bond acceptors (Lipinski definition) is 2. The van der Waals surface area contributed by atoms with Crippen molar-refractivity contribution in [3.8, 4) is 12.3 Å². The van der Waals surface area contributed by atoms with Gasteiger partial charge in [-0.3, -0.25) is 4.98 Å². The standard InChI is InChI=1S/C9H10N2/c1-2-3-9(10)8-4-6-11-7-5-8/h1,4-7,9H,3,10H2. The van der Waals surface area contributed by atoms with E-state index in [0.717, 1.165) is 5.56 Å². The number of terminal acetylenes is 1. The summed E-state index contributed by atoms with van der Waals surface area (Å²) in [4.78, 5) is 3.88. The van der Waals surface area contributed by atoms with E-state index in [1.54, 1.807) is 12.4 Å². The van der Waals surface area contributed by atoms with Gasteiger partial charge in [0.05, 0.1) is 0 Å². The highest BCUT2D eigenvalue weighted by Gasteiger charge is 2.01. The first-order valence-electron chi connectivity index (χ1n) is 3.43. The van der Waals surface area contributed by atoms with Gasteiger partial charge in [0.15, 0.2) is 0 Å². The van der Waals surface area contributed by atoms with E-state index in [-0.39, 0.29) is 6.04 Å². The summed E-state index contributed by atoms with van der Waals surface area (Å²) >= 11 is 0. The molecule has 0 aliphatic rings. The third-order valence-corrected chi connectivity index (χ3v) is 1.47. The van der Waals surface area contributed by atoms with E-state index in [0.29, 0.717) is 6.42 Å². The largest absolute Gasteiger partial charge is 0.323 e. The van der Waals surface area contributed by atoms with Crippen LogP contribution < -0.4 is 5.73 Å². The van der Waals surface area contributed by atoms with Crippen molar-refractivity contribution in [2.24, 2.45) is 5.73 Å². The Hall–Kier alpha value is -1.33. The second-order valence-electron chi connectivity index (χ2n) is 2.30. The predicted molar refractivity (Wildman–Crippen MR) is 44.6 cm³/mol. The molecule has 1 heterocycles. The molecule has 0 fully saturated rings. The monoisotopic (exact) mass is 146 g/mol. The molecule has 2 heteroatoms. The van der Waals surface area contributed by atoms with Crippen LogP contribution in [-0.4, -0.2) is 4.98 Å². The molecule has 0 bridgehead atoms. The Morgan fingerprint density at radius 1 is 1.55 bits per heavy atom. The molecular formula is C9H10N2. The van der Waals surface area contributed by atoms with Gasteiger partial charge in [0.1, 0.15) is 0 Å². The van der Waals surface area contributed by atoms with Crippen LogP contribution in [0.5, 0.6) is 0 Å². The lowest BCUT2D eigenvalue weighted by Gasteiger charge is -2.06. The van der Waals surface area contributed by atoms with E-state index < -0.39 is 0 Å². The highest BCUT2D eigenvalue weighted by Crippen LogP contribution is 2.10. The van der Waals surface area contributed by atoms with E-state index in [4.69, 9.17) is 12.2 Å². The Kier molecular flexibility index (Phi) is 2.65. The van der Waals surface area contributed by atoms with E-state index in [2.05, 4.69) is 10.9 Å². The molecule has 0 aliphatic heterocycles. The minimum absolute atomic E-state index is 0.0528. The van der Waals surface area contributed by atoms with Crippen LogP contribution in [0.3, 0.4) is 0 Å². The molecule has 1 aromatic rings. The van der Waals surface area contributed by atoms with E-state index >= 15 is 0 Å². The molecule has 0 aromatic carbocycles. The fourth-order valence-electron chi connectivity index (χ4n) is 0.855. The van der Waals surface area contributed by atoms with Crippen molar-refractivity contribution in [3.63, 3.8) is 0 Å². The molecule has 2 N–H and O–H groups in total. The Morgan fingerprint density at radius 3 is 2.73 bits per heavy atom. The molecule has 1 rings (SSSR count). The van der Waals surface area contributed by atoms with Crippen molar-refractivity contribution in [1.29, 1.82) is 0 Å². The number of aromatic nitrogens is 1. The van der Waals surface area contributed by atoms with Crippen molar-refractivity contribution >= 4 is 0 Å². The van der Waals surface area contributed by atoms with Gasteiger partial charge in [-0.25, -0.2) is 0 Å². The summed E-state index contributed by atoms with van der Waals surface area (Å²) in [6, 6.07) is 3.70. The smallest absolute Gasteiger partial charge is 0.0406 e. The highest BCUT2D eigenvalue weighted by atomic mass is 14.6. The second-order valence-corrected chi connectivity index (χ2v) is 2.30. The van der Waals surface area contributed by atoms with Gasteiger partial charge >= 0.3 is 0 Å². The molecule has 0 saturated carbocycles. The van der Waals surface area contributed by atoms with Gasteiger partial charge in [-0.05, 0) is 17.7 Å². The summed E-state index contributed by atoms with van der Waals surface area (Å²) in [5.41, 5.74) is 6.78. The SMILES string of the molecule is C#CCC(N)c1ccncc1. The number of pyridine rings is 1. The fourth-order valence-corrected chi connectivity index (χ4v) is 0.855. The van der Waals surface area contributed by atoms with Crippen LogP contribution in [0.1, 0.15) is 18.0 Å². The molecule has 1 atom stereocenters. The van der Waals surface area contributed by atoms with Crippen LogP contribution in [-0.2, 0) is 0 Å². The number of hydrogen-bond donors (Lipinski definition) is 1. The van der Waals surface area contributed by atoms with Gasteiger partial charge in [0.2, 0.25) is 0 Å². The highest BCUT2D eigenvalue weighted by molar-refractivity contribution is 5.16. The Labute approximate surface area is 66.4 Å². The molecule has 1 unspecified atom stereocenters. The van der Waals surface area contributed by atoms with Crippen LogP contribution >= 0.6 is 0 Å². The normalized spacial score (nSPS) is 12.0. The summed E-state index contributed by atoms with van der Waals surface area (Å²) in [7, 11) is 0. The molecule has 0 aliphatic carbocycles. The van der Waals surface area contributed by atoms with Crippen LogP contribution in [0.25, 0.3) is 0 Å². The van der Waals surface area contributed by atoms with Crippen molar-refractivity contribution in [2.75, 3.05) is 0 Å². The maximum absolute atomic E-state index is 5.74. The summed E-state index contributed by atoms with van der Waals surface area (Å²) < 4.78 is 0. The van der Waals surface area contributed by atoms with Crippen LogP contribution in [0.2, 0.25) is 0 Å². The molecule has 11 heavy (non-hydrogen) atoms. The number of rotatable bonds is 2. The molecule has 0 radical (unpaired) electrons. The maximum Gasteiger partial charge on any atom is 0.0406 e. The molecule has 0 spiro atoms. The first-order valence-corrected chi connectivity index (χ1v) is 3.43. The third-order valence-electron chi connectivity index (χ3n) is 1.47. The van der Waals surface area contributed by atoms with Crippen molar-refractivity contribution < 1.29 is 0 Å². The fraction of sp³-hybridized carbons (Fsp3) is 0.222. The van der Waals surface area contributed by atoms with Crippen molar-refractivity contribution in [2.45, 2.75) is 12.5 Å². The lowest BCUT2D eigenvalue weighted by molar-refractivity contribution is 0.753. The van der Waals surface area contributed by atoms with E-state index in [1.165, 1.54) is 0 Å². The maximum atomic E-state index is 5.74. The molecule has 2 nitrogen and oxygen atoms in total. The predicted octanol–water partition coefficient (Wildman–Crippen LogP) is 1.10. The van der Waals surface area contributed by atoms with Gasteiger partial charge < -0.3 is 5.73 Å². The van der Waals surface area contributed by atoms with E-state index in [9.17, 15) is 0 Å². The third kappa shape index (κ3) is 2.06. The zero-order valence-electron chi connectivity index (χ0n) is 6.20. The first-order chi connectivity index (χ1) is 5.34. The number of nitrogens with two attached hydrogens (primary N) is 1.